The summed E-state index contributed by atoms with van der Waals surface area (Å²) in [4.78, 5) is 0. The first kappa shape index (κ1) is 12.7. The normalized spacial score (nSPS) is 43.3. The standard InChI is InChI=1S/C20H26O/c1-20-9-8-15-16(18(20)6-7-19(20)21)5-4-14-10-12-2-3-13(12)11-17(14)15/h10-11,15-16,18-19,21H,2-9H2,1H3/t15-,16+,18-,19+,20-/m0/s1. The lowest BCUT2D eigenvalue weighted by atomic mass is 9.55. The lowest BCUT2D eigenvalue weighted by Crippen LogP contribution is -2.44. The van der Waals surface area contributed by atoms with Gasteiger partial charge < -0.3 is 5.11 Å². The molecule has 1 N–H and O–H groups in total. The van der Waals surface area contributed by atoms with Crippen LogP contribution >= 0.6 is 0 Å². The quantitative estimate of drug-likeness (QED) is 0.762. The van der Waals surface area contributed by atoms with Crippen LogP contribution in [0.15, 0.2) is 12.1 Å². The van der Waals surface area contributed by atoms with Crippen LogP contribution < -0.4 is 0 Å². The molecule has 2 fully saturated rings. The molecule has 0 aromatic heterocycles. The lowest BCUT2D eigenvalue weighted by Gasteiger charge is -2.50. The highest BCUT2D eigenvalue weighted by atomic mass is 16.3. The number of fused-ring (bicyclic) bond motifs is 6. The monoisotopic (exact) mass is 282 g/mol. The second-order valence-corrected chi connectivity index (χ2v) is 8.37. The van der Waals surface area contributed by atoms with Gasteiger partial charge in [-0.2, -0.15) is 0 Å². The van der Waals surface area contributed by atoms with E-state index in [-0.39, 0.29) is 11.5 Å². The van der Waals surface area contributed by atoms with Gasteiger partial charge in [0.15, 0.2) is 0 Å². The van der Waals surface area contributed by atoms with Gasteiger partial charge in [0.05, 0.1) is 6.10 Å². The smallest absolute Gasteiger partial charge is 0.0596 e. The fourth-order valence-corrected chi connectivity index (χ4v) is 6.25. The van der Waals surface area contributed by atoms with Crippen LogP contribution in [0, 0.1) is 17.3 Å². The maximum atomic E-state index is 10.5. The predicted molar refractivity (Wildman–Crippen MR) is 84.5 cm³/mol. The van der Waals surface area contributed by atoms with E-state index in [9.17, 15) is 5.11 Å². The van der Waals surface area contributed by atoms with Gasteiger partial charge in [-0.1, -0.05) is 19.1 Å². The van der Waals surface area contributed by atoms with E-state index in [1.807, 2.05) is 0 Å². The average Bonchev–Trinajstić information content (AvgIpc) is 2.77. The molecule has 0 amide bonds. The van der Waals surface area contributed by atoms with Gasteiger partial charge in [-0.05, 0) is 96.8 Å². The van der Waals surface area contributed by atoms with Crippen LogP contribution in [0.1, 0.15) is 67.2 Å². The number of benzene rings is 1. The highest BCUT2D eigenvalue weighted by molar-refractivity contribution is 5.46. The summed E-state index contributed by atoms with van der Waals surface area (Å²) < 4.78 is 0. The van der Waals surface area contributed by atoms with Crippen LogP contribution in [0.25, 0.3) is 0 Å². The molecule has 0 bridgehead atoms. The SMILES string of the molecule is C[C@]12CC[C@@H]3c4cc5c(cc4CC[C@H]3[C@@H]1CC[C@H]2O)CC5. The third-order valence-electron chi connectivity index (χ3n) is 7.66. The molecule has 0 aliphatic heterocycles. The summed E-state index contributed by atoms with van der Waals surface area (Å²) in [7, 11) is 0. The Morgan fingerprint density at radius 1 is 0.952 bits per heavy atom. The van der Waals surface area contributed by atoms with Crippen LogP contribution in [0.5, 0.6) is 0 Å². The molecule has 4 aliphatic rings. The zero-order chi connectivity index (χ0) is 14.2. The molecule has 21 heavy (non-hydrogen) atoms. The largest absolute Gasteiger partial charge is 0.393 e. The van der Waals surface area contributed by atoms with Crippen molar-refractivity contribution in [2.75, 3.05) is 0 Å². The van der Waals surface area contributed by atoms with Gasteiger partial charge in [0.1, 0.15) is 0 Å². The van der Waals surface area contributed by atoms with Gasteiger partial charge >= 0.3 is 0 Å². The minimum absolute atomic E-state index is 0.0401. The highest BCUT2D eigenvalue weighted by Crippen LogP contribution is 2.61. The zero-order valence-corrected chi connectivity index (χ0v) is 13.1. The molecule has 0 unspecified atom stereocenters. The van der Waals surface area contributed by atoms with Gasteiger partial charge in [-0.3, -0.25) is 0 Å². The topological polar surface area (TPSA) is 20.2 Å². The van der Waals surface area contributed by atoms with Crippen LogP contribution in [-0.4, -0.2) is 11.2 Å². The molecule has 0 spiro atoms. The molecule has 1 aromatic rings. The van der Waals surface area contributed by atoms with Crippen molar-refractivity contribution in [2.45, 2.75) is 70.3 Å². The molecule has 1 aromatic carbocycles. The Morgan fingerprint density at radius 3 is 2.57 bits per heavy atom. The molecule has 0 radical (unpaired) electrons. The third kappa shape index (κ3) is 1.56. The van der Waals surface area contributed by atoms with Crippen LogP contribution in [0.2, 0.25) is 0 Å². The Hall–Kier alpha value is -0.820. The number of hydrogen-bond acceptors (Lipinski definition) is 1. The number of aryl methyl sites for hydroxylation is 3. The minimum atomic E-state index is -0.0401. The fraction of sp³-hybridized carbons (Fsp3) is 0.700. The number of aliphatic hydroxyl groups is 1. The summed E-state index contributed by atoms with van der Waals surface area (Å²) in [5.74, 6) is 2.40. The van der Waals surface area contributed by atoms with Gasteiger partial charge in [0, 0.05) is 0 Å². The van der Waals surface area contributed by atoms with Crippen molar-refractivity contribution < 1.29 is 5.11 Å². The maximum absolute atomic E-state index is 10.5. The Bertz CT molecular complexity index is 604. The van der Waals surface area contributed by atoms with Gasteiger partial charge in [-0.25, -0.2) is 0 Å². The van der Waals surface area contributed by atoms with Crippen molar-refractivity contribution in [2.24, 2.45) is 17.3 Å². The Labute approximate surface area is 127 Å². The van der Waals surface area contributed by atoms with Gasteiger partial charge in [0.2, 0.25) is 0 Å². The van der Waals surface area contributed by atoms with Crippen LogP contribution in [-0.2, 0) is 19.3 Å². The van der Waals surface area contributed by atoms with E-state index in [4.69, 9.17) is 0 Å². The van der Waals surface area contributed by atoms with Gasteiger partial charge in [-0.15, -0.1) is 0 Å². The molecule has 2 saturated carbocycles. The molecule has 5 rings (SSSR count). The molecule has 0 saturated heterocycles. The molecule has 112 valence electrons. The van der Waals surface area contributed by atoms with E-state index < -0.39 is 0 Å². The molecular weight excluding hydrogens is 256 g/mol. The zero-order valence-electron chi connectivity index (χ0n) is 13.1. The Balaban J connectivity index is 1.55. The number of rotatable bonds is 0. The van der Waals surface area contributed by atoms with Crippen LogP contribution in [0.3, 0.4) is 0 Å². The first-order chi connectivity index (χ1) is 10.2. The van der Waals surface area contributed by atoms with Crippen molar-refractivity contribution in [3.05, 3.63) is 34.4 Å². The maximum Gasteiger partial charge on any atom is 0.0596 e. The minimum Gasteiger partial charge on any atom is -0.393 e. The van der Waals surface area contributed by atoms with Gasteiger partial charge in [0.25, 0.3) is 0 Å². The summed E-state index contributed by atoms with van der Waals surface area (Å²) >= 11 is 0. The molecule has 1 heteroatoms. The Morgan fingerprint density at radius 2 is 1.76 bits per heavy atom. The predicted octanol–water partition coefficient (Wildman–Crippen LogP) is 4.00. The van der Waals surface area contributed by atoms with Crippen molar-refractivity contribution in [1.82, 2.24) is 0 Å². The van der Waals surface area contributed by atoms with Crippen LogP contribution in [0.4, 0.5) is 0 Å². The number of hydrogen-bond donors (Lipinski definition) is 1. The fourth-order valence-electron chi connectivity index (χ4n) is 6.25. The molecule has 1 nitrogen and oxygen atoms in total. The van der Waals surface area contributed by atoms with E-state index in [0.717, 1.165) is 24.2 Å². The lowest BCUT2D eigenvalue weighted by molar-refractivity contribution is -0.0226. The average molecular weight is 282 g/mol. The first-order valence-corrected chi connectivity index (χ1v) is 8.99. The molecular formula is C20H26O. The summed E-state index contributed by atoms with van der Waals surface area (Å²) in [5, 5.41) is 10.5. The van der Waals surface area contributed by atoms with E-state index in [1.165, 1.54) is 44.9 Å². The van der Waals surface area contributed by atoms with Crippen molar-refractivity contribution in [3.63, 3.8) is 0 Å². The van der Waals surface area contributed by atoms with Crippen molar-refractivity contribution in [1.29, 1.82) is 0 Å². The van der Waals surface area contributed by atoms with Crippen molar-refractivity contribution >= 4 is 0 Å². The number of aliphatic hydroxyl groups excluding tert-OH is 1. The summed E-state index contributed by atoms with van der Waals surface area (Å²) in [5.41, 5.74) is 6.85. The molecule has 5 atom stereocenters. The first-order valence-electron chi connectivity index (χ1n) is 8.99. The van der Waals surface area contributed by atoms with Crippen molar-refractivity contribution in [3.8, 4) is 0 Å². The van der Waals surface area contributed by atoms with E-state index in [2.05, 4.69) is 19.1 Å². The summed E-state index contributed by atoms with van der Waals surface area (Å²) in [6, 6.07) is 5.10. The second-order valence-electron chi connectivity index (χ2n) is 8.37. The third-order valence-corrected chi connectivity index (χ3v) is 7.66. The molecule has 4 aliphatic carbocycles. The molecule has 0 heterocycles. The Kier molecular flexibility index (Phi) is 2.50. The summed E-state index contributed by atoms with van der Waals surface area (Å²) in [6.07, 6.45) is 10.1. The van der Waals surface area contributed by atoms with E-state index in [0.29, 0.717) is 0 Å². The summed E-state index contributed by atoms with van der Waals surface area (Å²) in [6.45, 7) is 2.37. The van der Waals surface area contributed by atoms with E-state index in [1.54, 1.807) is 22.3 Å². The van der Waals surface area contributed by atoms with E-state index >= 15 is 0 Å². The highest BCUT2D eigenvalue weighted by Gasteiger charge is 2.54. The second kappa shape index (κ2) is 4.13.